The third kappa shape index (κ3) is 1.97. The number of fused-ring (bicyclic) bond motifs is 1. The van der Waals surface area contributed by atoms with Gasteiger partial charge < -0.3 is 0 Å². The fourth-order valence-corrected chi connectivity index (χ4v) is 2.22. The first-order valence-electron chi connectivity index (χ1n) is 6.15. The van der Waals surface area contributed by atoms with Crippen molar-refractivity contribution in [1.29, 1.82) is 5.41 Å². The van der Waals surface area contributed by atoms with Crippen molar-refractivity contribution in [3.8, 4) is 0 Å². The van der Waals surface area contributed by atoms with Crippen LogP contribution in [0.3, 0.4) is 0 Å². The van der Waals surface area contributed by atoms with Crippen LogP contribution >= 0.6 is 0 Å². The van der Waals surface area contributed by atoms with Gasteiger partial charge in [0.2, 0.25) is 0 Å². The molecule has 0 spiro atoms. The van der Waals surface area contributed by atoms with Crippen molar-refractivity contribution in [2.75, 3.05) is 0 Å². The molecule has 2 aromatic carbocycles. The monoisotopic (exact) mass is 234 g/mol. The van der Waals surface area contributed by atoms with Gasteiger partial charge in [-0.1, -0.05) is 42.5 Å². The highest BCUT2D eigenvalue weighted by Gasteiger charge is 2.09. The molecule has 88 valence electrons. The van der Waals surface area contributed by atoms with E-state index in [-0.39, 0.29) is 0 Å². The van der Waals surface area contributed by atoms with Crippen molar-refractivity contribution in [3.63, 3.8) is 0 Å². The summed E-state index contributed by atoms with van der Waals surface area (Å²) < 4.78 is 0. The minimum atomic E-state index is 0.536. The lowest BCUT2D eigenvalue weighted by molar-refractivity contribution is 1.09. The van der Waals surface area contributed by atoms with Crippen LogP contribution in [0.25, 0.3) is 10.8 Å². The van der Waals surface area contributed by atoms with E-state index in [4.69, 9.17) is 5.41 Å². The summed E-state index contributed by atoms with van der Waals surface area (Å²) >= 11 is 0. The van der Waals surface area contributed by atoms with Gasteiger partial charge in [0, 0.05) is 5.39 Å². The number of allylic oxidation sites excluding steroid dienone is 2. The zero-order valence-electron chi connectivity index (χ0n) is 10.1. The van der Waals surface area contributed by atoms with Crippen LogP contribution in [0.2, 0.25) is 0 Å². The van der Waals surface area contributed by atoms with Gasteiger partial charge >= 0.3 is 0 Å². The van der Waals surface area contributed by atoms with E-state index in [0.29, 0.717) is 5.71 Å². The summed E-state index contributed by atoms with van der Waals surface area (Å²) in [6.07, 6.45) is 5.71. The Bertz CT molecular complexity index is 660. The second kappa shape index (κ2) is 4.57. The summed E-state index contributed by atoms with van der Waals surface area (Å²) in [5.74, 6) is 0. The van der Waals surface area contributed by atoms with Gasteiger partial charge in [0.05, 0.1) is 17.1 Å². The number of hydrogen-bond donors (Lipinski definition) is 1. The Morgan fingerprint density at radius 1 is 1.00 bits per heavy atom. The molecule has 0 saturated carbocycles. The van der Waals surface area contributed by atoms with Gasteiger partial charge in [-0.3, -0.25) is 10.4 Å². The summed E-state index contributed by atoms with van der Waals surface area (Å²) in [6, 6.07) is 14.3. The molecule has 1 N–H and O–H groups in total. The molecule has 0 aromatic heterocycles. The molecule has 18 heavy (non-hydrogen) atoms. The molecule has 0 heterocycles. The Labute approximate surface area is 106 Å². The Morgan fingerprint density at radius 3 is 2.72 bits per heavy atom. The van der Waals surface area contributed by atoms with Gasteiger partial charge in [0.1, 0.15) is 0 Å². The lowest BCUT2D eigenvalue weighted by Crippen LogP contribution is -2.13. The summed E-state index contributed by atoms with van der Waals surface area (Å²) in [7, 11) is 0. The van der Waals surface area contributed by atoms with Crippen LogP contribution in [0.1, 0.15) is 12.8 Å². The molecule has 1 aliphatic carbocycles. The highest BCUT2D eigenvalue weighted by Crippen LogP contribution is 2.26. The van der Waals surface area contributed by atoms with Crippen molar-refractivity contribution in [3.05, 3.63) is 54.6 Å². The van der Waals surface area contributed by atoms with Crippen LogP contribution in [-0.4, -0.2) is 11.4 Å². The Kier molecular flexibility index (Phi) is 2.77. The number of aliphatic imine (C=N–C) groups is 1. The van der Waals surface area contributed by atoms with E-state index < -0.39 is 0 Å². The van der Waals surface area contributed by atoms with E-state index in [1.165, 1.54) is 5.39 Å². The molecule has 2 nitrogen and oxygen atoms in total. The number of hydrogen-bond acceptors (Lipinski definition) is 2. The number of nitrogens with one attached hydrogen (secondary N) is 1. The Morgan fingerprint density at radius 2 is 1.83 bits per heavy atom. The summed E-state index contributed by atoms with van der Waals surface area (Å²) in [6.45, 7) is 0. The highest BCUT2D eigenvalue weighted by molar-refractivity contribution is 6.46. The molecule has 0 unspecified atom stereocenters. The van der Waals surface area contributed by atoms with E-state index in [1.54, 1.807) is 0 Å². The summed E-state index contributed by atoms with van der Waals surface area (Å²) in [5, 5.41) is 10.2. The lowest BCUT2D eigenvalue weighted by atomic mass is 10.0. The molecule has 2 heteroatoms. The van der Waals surface area contributed by atoms with Crippen LogP contribution in [0.15, 0.2) is 59.6 Å². The maximum atomic E-state index is 7.89. The Hall–Kier alpha value is -2.22. The van der Waals surface area contributed by atoms with Crippen LogP contribution < -0.4 is 0 Å². The lowest BCUT2D eigenvalue weighted by Gasteiger charge is -2.09. The SMILES string of the molecule is N=C1C=CCCC1=Nc1cccc2ccccc12. The average molecular weight is 234 g/mol. The smallest absolute Gasteiger partial charge is 0.0751 e. The van der Waals surface area contributed by atoms with E-state index in [9.17, 15) is 0 Å². The second-order valence-electron chi connectivity index (χ2n) is 4.41. The first-order valence-corrected chi connectivity index (χ1v) is 6.15. The van der Waals surface area contributed by atoms with E-state index in [1.807, 2.05) is 36.4 Å². The van der Waals surface area contributed by atoms with E-state index >= 15 is 0 Å². The number of rotatable bonds is 1. The maximum absolute atomic E-state index is 7.89. The standard InChI is InChI=1S/C16H14N2/c17-14-9-3-4-10-16(14)18-15-11-5-7-12-6-1-2-8-13(12)15/h1-3,5-9,11,17H,4,10H2. The average Bonchev–Trinajstić information content (AvgIpc) is 2.42. The quantitative estimate of drug-likeness (QED) is 0.764. The normalized spacial score (nSPS) is 17.6. The second-order valence-corrected chi connectivity index (χ2v) is 4.41. The molecule has 3 rings (SSSR count). The molecule has 1 aliphatic rings. The molecule has 0 bridgehead atoms. The zero-order valence-corrected chi connectivity index (χ0v) is 10.1. The fraction of sp³-hybridized carbons (Fsp3) is 0.125. The summed E-state index contributed by atoms with van der Waals surface area (Å²) in [4.78, 5) is 4.67. The van der Waals surface area contributed by atoms with Crippen LogP contribution in [0.5, 0.6) is 0 Å². The highest BCUT2D eigenvalue weighted by atomic mass is 14.8. The number of benzene rings is 2. The molecule has 2 aromatic rings. The van der Waals surface area contributed by atoms with Gasteiger partial charge in [-0.2, -0.15) is 0 Å². The molecular weight excluding hydrogens is 220 g/mol. The first-order chi connectivity index (χ1) is 8.84. The van der Waals surface area contributed by atoms with Crippen molar-refractivity contribution >= 4 is 27.9 Å². The topological polar surface area (TPSA) is 36.2 Å². The molecule has 0 aliphatic heterocycles. The molecule has 0 amide bonds. The van der Waals surface area contributed by atoms with Gasteiger partial charge in [-0.05, 0) is 30.4 Å². The minimum Gasteiger partial charge on any atom is -0.299 e. The zero-order chi connectivity index (χ0) is 12.4. The van der Waals surface area contributed by atoms with E-state index in [0.717, 1.165) is 29.6 Å². The fourth-order valence-electron chi connectivity index (χ4n) is 2.22. The Balaban J connectivity index is 2.13. The van der Waals surface area contributed by atoms with Gasteiger partial charge in [-0.15, -0.1) is 0 Å². The third-order valence-electron chi connectivity index (χ3n) is 3.17. The predicted molar refractivity (Wildman–Crippen MR) is 77.1 cm³/mol. The predicted octanol–water partition coefficient (Wildman–Crippen LogP) is 4.28. The van der Waals surface area contributed by atoms with Crippen LogP contribution in [0, 0.1) is 5.41 Å². The molecular formula is C16H14N2. The van der Waals surface area contributed by atoms with Crippen molar-refractivity contribution in [1.82, 2.24) is 0 Å². The third-order valence-corrected chi connectivity index (χ3v) is 3.17. The molecule has 0 radical (unpaired) electrons. The van der Waals surface area contributed by atoms with Gasteiger partial charge in [0.15, 0.2) is 0 Å². The van der Waals surface area contributed by atoms with Crippen LogP contribution in [-0.2, 0) is 0 Å². The van der Waals surface area contributed by atoms with Gasteiger partial charge in [-0.25, -0.2) is 0 Å². The molecule has 0 saturated heterocycles. The van der Waals surface area contributed by atoms with Crippen molar-refractivity contribution < 1.29 is 0 Å². The number of nitrogens with zero attached hydrogens (tertiary/aromatic N) is 1. The van der Waals surface area contributed by atoms with E-state index in [2.05, 4.69) is 23.2 Å². The van der Waals surface area contributed by atoms with Gasteiger partial charge in [0.25, 0.3) is 0 Å². The first kappa shape index (κ1) is 10.9. The van der Waals surface area contributed by atoms with Crippen molar-refractivity contribution in [2.45, 2.75) is 12.8 Å². The molecule has 0 atom stereocenters. The summed E-state index contributed by atoms with van der Waals surface area (Å²) in [5.41, 5.74) is 2.38. The maximum Gasteiger partial charge on any atom is 0.0751 e. The minimum absolute atomic E-state index is 0.536. The van der Waals surface area contributed by atoms with Crippen molar-refractivity contribution in [2.24, 2.45) is 4.99 Å². The largest absolute Gasteiger partial charge is 0.299 e. The van der Waals surface area contributed by atoms with Crippen LogP contribution in [0.4, 0.5) is 5.69 Å². The molecule has 0 fully saturated rings.